The van der Waals surface area contributed by atoms with Crippen molar-refractivity contribution in [1.82, 2.24) is 9.21 Å². The number of halogens is 1. The van der Waals surface area contributed by atoms with Gasteiger partial charge in [0.2, 0.25) is 10.0 Å². The first kappa shape index (κ1) is 23.0. The number of benzene rings is 1. The number of likely N-dealkylation sites (tertiary alicyclic amines) is 1. The van der Waals surface area contributed by atoms with Crippen LogP contribution in [-0.4, -0.2) is 57.9 Å². The van der Waals surface area contributed by atoms with Crippen LogP contribution in [0, 0.1) is 17.4 Å². The van der Waals surface area contributed by atoms with Crippen LogP contribution in [0.25, 0.3) is 0 Å². The van der Waals surface area contributed by atoms with Crippen molar-refractivity contribution >= 4 is 34.0 Å². The topological polar surface area (TPSA) is 40.6 Å². The normalized spacial score (nSPS) is 21.0. The Morgan fingerprint density at radius 1 is 1.00 bits per heavy atom. The van der Waals surface area contributed by atoms with Crippen LogP contribution in [0.15, 0.2) is 33.6 Å². The molecule has 2 aliphatic heterocycles. The Hall–Kier alpha value is -0.653. The lowest BCUT2D eigenvalue weighted by atomic mass is 9.92. The molecule has 0 aromatic heterocycles. The van der Waals surface area contributed by atoms with Crippen LogP contribution in [-0.2, 0) is 10.0 Å². The van der Waals surface area contributed by atoms with Gasteiger partial charge in [-0.2, -0.15) is 4.31 Å². The molecule has 0 saturated carbocycles. The fourth-order valence-electron chi connectivity index (χ4n) is 4.19. The first-order valence-corrected chi connectivity index (χ1v) is 16.4. The van der Waals surface area contributed by atoms with E-state index in [-0.39, 0.29) is 0 Å². The number of hydrogen-bond donors (Lipinski definition) is 0. The molecule has 1 aromatic carbocycles. The minimum atomic E-state index is -3.38. The number of rotatable bonds is 4. The van der Waals surface area contributed by atoms with Crippen molar-refractivity contribution in [3.63, 3.8) is 0 Å². The third kappa shape index (κ3) is 6.41. The van der Waals surface area contributed by atoms with E-state index in [0.29, 0.717) is 24.0 Å². The summed E-state index contributed by atoms with van der Waals surface area (Å²) in [6, 6.07) is 7.46. The van der Waals surface area contributed by atoms with Gasteiger partial charge in [-0.15, -0.1) is 11.5 Å². The molecule has 0 unspecified atom stereocenters. The van der Waals surface area contributed by atoms with Crippen molar-refractivity contribution in [2.75, 3.05) is 26.2 Å². The molecule has 0 spiro atoms. The smallest absolute Gasteiger partial charge is 0.243 e. The number of hydrogen-bond acceptors (Lipinski definition) is 3. The van der Waals surface area contributed by atoms with Gasteiger partial charge in [-0.3, -0.25) is 0 Å². The van der Waals surface area contributed by atoms with Crippen LogP contribution < -0.4 is 0 Å². The molecular formula is C22H33BrN2O2SSi. The second-order valence-corrected chi connectivity index (χ2v) is 16.9. The van der Waals surface area contributed by atoms with E-state index in [4.69, 9.17) is 0 Å². The summed E-state index contributed by atoms with van der Waals surface area (Å²) in [6.07, 6.45) is 5.34. The highest BCUT2D eigenvalue weighted by Crippen LogP contribution is 2.28. The highest BCUT2D eigenvalue weighted by molar-refractivity contribution is 9.10. The summed E-state index contributed by atoms with van der Waals surface area (Å²) in [5.41, 5.74) is 3.49. The van der Waals surface area contributed by atoms with Gasteiger partial charge < -0.3 is 4.90 Å². The number of piperidine rings is 2. The van der Waals surface area contributed by atoms with Crippen LogP contribution in [0.1, 0.15) is 32.1 Å². The standard InChI is InChI=1S/C22H33BrN2O2SSi/c1-29(2,3)18-4-5-19-10-14-24(15-11-19)21-12-16-25(17-13-21)28(26,27)22-8-6-20(23)7-9-22/h6-9,19,21H,5,10-17H2,1-3H3. The number of sulfonamides is 1. The summed E-state index contributed by atoms with van der Waals surface area (Å²) < 4.78 is 28.3. The van der Waals surface area contributed by atoms with Gasteiger partial charge in [0.05, 0.1) is 4.90 Å². The Labute approximate surface area is 186 Å². The van der Waals surface area contributed by atoms with E-state index in [9.17, 15) is 8.42 Å². The van der Waals surface area contributed by atoms with Crippen LogP contribution in [0.5, 0.6) is 0 Å². The maximum atomic E-state index is 12.9. The lowest BCUT2D eigenvalue weighted by Crippen LogP contribution is -2.48. The molecule has 29 heavy (non-hydrogen) atoms. The van der Waals surface area contributed by atoms with E-state index in [1.165, 1.54) is 12.8 Å². The van der Waals surface area contributed by atoms with Crippen molar-refractivity contribution < 1.29 is 8.42 Å². The highest BCUT2D eigenvalue weighted by Gasteiger charge is 2.33. The summed E-state index contributed by atoms with van der Waals surface area (Å²) in [6.45, 7) is 10.4. The predicted octanol–water partition coefficient (Wildman–Crippen LogP) is 4.59. The fourth-order valence-corrected chi connectivity index (χ4v) is 6.55. The van der Waals surface area contributed by atoms with Gasteiger partial charge in [-0.25, -0.2) is 8.42 Å². The maximum absolute atomic E-state index is 12.9. The van der Waals surface area contributed by atoms with Crippen LogP contribution in [0.3, 0.4) is 0 Å². The van der Waals surface area contributed by atoms with Crippen molar-refractivity contribution in [3.8, 4) is 11.5 Å². The number of nitrogens with zero attached hydrogens (tertiary/aromatic N) is 2. The summed E-state index contributed by atoms with van der Waals surface area (Å²) in [4.78, 5) is 2.98. The minimum Gasteiger partial charge on any atom is -0.300 e. The molecule has 0 amide bonds. The van der Waals surface area contributed by atoms with E-state index < -0.39 is 18.1 Å². The lowest BCUT2D eigenvalue weighted by Gasteiger charge is -2.41. The second kappa shape index (κ2) is 9.65. The van der Waals surface area contributed by atoms with Gasteiger partial charge in [0.25, 0.3) is 0 Å². The quantitative estimate of drug-likeness (QED) is 0.452. The molecule has 0 atom stereocenters. The van der Waals surface area contributed by atoms with Gasteiger partial charge in [-0.1, -0.05) is 35.6 Å². The fraction of sp³-hybridized carbons (Fsp3) is 0.636. The summed E-state index contributed by atoms with van der Waals surface area (Å²) in [5, 5.41) is 0. The Morgan fingerprint density at radius 3 is 2.14 bits per heavy atom. The first-order valence-electron chi connectivity index (χ1n) is 10.6. The van der Waals surface area contributed by atoms with Crippen LogP contribution in [0.4, 0.5) is 0 Å². The summed E-state index contributed by atoms with van der Waals surface area (Å²) >= 11 is 3.37. The molecule has 160 valence electrons. The zero-order valence-electron chi connectivity index (χ0n) is 17.8. The van der Waals surface area contributed by atoms with E-state index in [1.54, 1.807) is 28.6 Å². The molecule has 2 heterocycles. The Kier molecular flexibility index (Phi) is 7.66. The van der Waals surface area contributed by atoms with Crippen LogP contribution in [0.2, 0.25) is 19.6 Å². The van der Waals surface area contributed by atoms with Gasteiger partial charge in [-0.05, 0) is 69.0 Å². The van der Waals surface area contributed by atoms with Crippen molar-refractivity contribution in [2.24, 2.45) is 5.92 Å². The van der Waals surface area contributed by atoms with Crippen molar-refractivity contribution in [3.05, 3.63) is 28.7 Å². The molecule has 0 radical (unpaired) electrons. The SMILES string of the molecule is C[Si](C)(C)C#CCC1CCN(C2CCN(S(=O)(=O)c3ccc(Br)cc3)CC2)CC1. The van der Waals surface area contributed by atoms with Crippen molar-refractivity contribution in [2.45, 2.75) is 62.7 Å². The van der Waals surface area contributed by atoms with E-state index in [2.05, 4.69) is 51.9 Å². The Bertz CT molecular complexity index is 840. The average Bonchev–Trinajstić information content (AvgIpc) is 2.68. The van der Waals surface area contributed by atoms with Gasteiger partial charge in [0.1, 0.15) is 8.07 Å². The maximum Gasteiger partial charge on any atom is 0.243 e. The Morgan fingerprint density at radius 2 is 1.59 bits per heavy atom. The van der Waals surface area contributed by atoms with E-state index >= 15 is 0 Å². The molecule has 7 heteroatoms. The molecule has 3 rings (SSSR count). The average molecular weight is 498 g/mol. The van der Waals surface area contributed by atoms with Crippen molar-refractivity contribution in [1.29, 1.82) is 0 Å². The molecule has 0 N–H and O–H groups in total. The summed E-state index contributed by atoms with van der Waals surface area (Å²) in [7, 11) is -4.64. The molecule has 2 aliphatic rings. The molecule has 2 saturated heterocycles. The van der Waals surface area contributed by atoms with Gasteiger partial charge >= 0.3 is 0 Å². The third-order valence-electron chi connectivity index (χ3n) is 5.89. The molecule has 0 aliphatic carbocycles. The second-order valence-electron chi connectivity index (χ2n) is 9.32. The third-order valence-corrected chi connectivity index (χ3v) is 9.26. The zero-order chi connectivity index (χ0) is 21.1. The van der Waals surface area contributed by atoms with E-state index in [1.807, 2.05) is 0 Å². The van der Waals surface area contributed by atoms with Gasteiger partial charge in [0.15, 0.2) is 0 Å². The molecular weight excluding hydrogens is 464 g/mol. The molecule has 1 aromatic rings. The first-order chi connectivity index (χ1) is 13.6. The zero-order valence-corrected chi connectivity index (χ0v) is 21.2. The summed E-state index contributed by atoms with van der Waals surface area (Å²) in [5.74, 6) is 4.18. The highest BCUT2D eigenvalue weighted by atomic mass is 79.9. The van der Waals surface area contributed by atoms with Crippen LogP contribution >= 0.6 is 15.9 Å². The Balaban J connectivity index is 1.48. The van der Waals surface area contributed by atoms with E-state index in [0.717, 1.165) is 42.7 Å². The predicted molar refractivity (Wildman–Crippen MR) is 126 cm³/mol. The minimum absolute atomic E-state index is 0.388. The lowest BCUT2D eigenvalue weighted by molar-refractivity contribution is 0.0980. The molecule has 0 bridgehead atoms. The molecule has 2 fully saturated rings. The van der Waals surface area contributed by atoms with Gasteiger partial charge in [0, 0.05) is 30.0 Å². The largest absolute Gasteiger partial charge is 0.300 e. The molecule has 4 nitrogen and oxygen atoms in total. The monoisotopic (exact) mass is 496 g/mol.